The summed E-state index contributed by atoms with van der Waals surface area (Å²) in [5.74, 6) is -1.61. The Balaban J connectivity index is 1.17. The molecule has 1 aromatic carbocycles. The van der Waals surface area contributed by atoms with E-state index in [9.17, 15) is 23.5 Å². The third-order valence-electron chi connectivity index (χ3n) is 9.32. The van der Waals surface area contributed by atoms with Crippen LogP contribution in [-0.2, 0) is 10.2 Å². The number of ketones is 2. The lowest BCUT2D eigenvalue weighted by Crippen LogP contribution is -2.62. The topological polar surface area (TPSA) is 96.5 Å². The first-order chi connectivity index (χ1) is 19.6. The highest BCUT2D eigenvalue weighted by atomic mass is 19.1. The number of hydrogen-bond donors (Lipinski definition) is 1. The fraction of sp³-hybridized carbons (Fsp3) is 0.500. The second-order valence-corrected chi connectivity index (χ2v) is 12.8. The number of likely N-dealkylation sites (tertiary alicyclic amines) is 1. The predicted molar refractivity (Wildman–Crippen MR) is 147 cm³/mol. The molecule has 9 heteroatoms. The first-order valence-electron chi connectivity index (χ1n) is 14.4. The molecule has 2 aliphatic carbocycles. The van der Waals surface area contributed by atoms with Crippen LogP contribution in [0.5, 0.6) is 0 Å². The Kier molecular flexibility index (Phi) is 7.14. The van der Waals surface area contributed by atoms with Gasteiger partial charge in [-0.3, -0.25) is 19.5 Å². The van der Waals surface area contributed by atoms with E-state index < -0.39 is 22.7 Å². The SMILES string of the molecule is CC1(O)CCC(N2CC(CC(=O)CC3(c4ccccn4)CC3)(CC(=O)c3cc(-c4ccc(F)cc4F)on3)C2)CC1. The molecule has 0 spiro atoms. The summed E-state index contributed by atoms with van der Waals surface area (Å²) in [6, 6.07) is 10.6. The van der Waals surface area contributed by atoms with Crippen molar-refractivity contribution in [2.75, 3.05) is 13.1 Å². The van der Waals surface area contributed by atoms with Crippen LogP contribution in [0.25, 0.3) is 11.3 Å². The number of rotatable bonds is 10. The van der Waals surface area contributed by atoms with Crippen molar-refractivity contribution in [1.82, 2.24) is 15.0 Å². The molecule has 216 valence electrons. The molecule has 0 amide bonds. The summed E-state index contributed by atoms with van der Waals surface area (Å²) in [5, 5.41) is 14.3. The standard InChI is InChI=1S/C32H35F2N3O4/c1-30(40)9-7-22(8-10-30)37-19-31(20-37,16-23(38)17-32(11-12-32)29-4-2-3-13-35-29)18-27(39)26-15-28(41-36-26)24-6-5-21(33)14-25(24)34/h2-6,13-15,22,40H,7-12,16-20H2,1H3. The van der Waals surface area contributed by atoms with Crippen molar-refractivity contribution in [1.29, 1.82) is 0 Å². The van der Waals surface area contributed by atoms with Gasteiger partial charge in [0.25, 0.3) is 0 Å². The van der Waals surface area contributed by atoms with Gasteiger partial charge in [0.1, 0.15) is 23.1 Å². The number of hydrogen-bond acceptors (Lipinski definition) is 7. The van der Waals surface area contributed by atoms with Crippen molar-refractivity contribution in [2.24, 2.45) is 5.41 Å². The Morgan fingerprint density at radius 2 is 1.78 bits per heavy atom. The van der Waals surface area contributed by atoms with Crippen LogP contribution in [-0.4, -0.2) is 56.4 Å². The maximum atomic E-state index is 14.3. The van der Waals surface area contributed by atoms with Gasteiger partial charge in [-0.25, -0.2) is 8.78 Å². The van der Waals surface area contributed by atoms with Crippen LogP contribution in [0.3, 0.4) is 0 Å². The summed E-state index contributed by atoms with van der Waals surface area (Å²) >= 11 is 0. The van der Waals surface area contributed by atoms with Crippen LogP contribution in [0.2, 0.25) is 0 Å². The number of halogens is 2. The predicted octanol–water partition coefficient (Wildman–Crippen LogP) is 5.66. The minimum absolute atomic E-state index is 0.0232. The van der Waals surface area contributed by atoms with E-state index in [0.717, 1.165) is 56.4 Å². The second kappa shape index (κ2) is 10.5. The maximum absolute atomic E-state index is 14.3. The van der Waals surface area contributed by atoms with Gasteiger partial charge in [0.15, 0.2) is 11.5 Å². The summed E-state index contributed by atoms with van der Waals surface area (Å²) in [5.41, 5.74) is -0.337. The molecule has 3 fully saturated rings. The van der Waals surface area contributed by atoms with Crippen molar-refractivity contribution >= 4 is 11.6 Å². The van der Waals surface area contributed by atoms with Gasteiger partial charge in [0.2, 0.25) is 0 Å². The highest BCUT2D eigenvalue weighted by molar-refractivity contribution is 5.96. The van der Waals surface area contributed by atoms with Gasteiger partial charge in [-0.1, -0.05) is 11.2 Å². The fourth-order valence-corrected chi connectivity index (χ4v) is 6.81. The van der Waals surface area contributed by atoms with Gasteiger partial charge < -0.3 is 9.63 Å². The highest BCUT2D eigenvalue weighted by Crippen LogP contribution is 2.52. The van der Waals surface area contributed by atoms with E-state index in [4.69, 9.17) is 4.52 Å². The third-order valence-corrected chi connectivity index (χ3v) is 9.32. The lowest BCUT2D eigenvalue weighted by molar-refractivity contribution is -0.128. The summed E-state index contributed by atoms with van der Waals surface area (Å²) in [6.07, 6.45) is 7.64. The van der Waals surface area contributed by atoms with E-state index in [1.165, 1.54) is 12.1 Å². The lowest BCUT2D eigenvalue weighted by atomic mass is 9.68. The van der Waals surface area contributed by atoms with E-state index in [0.29, 0.717) is 25.6 Å². The molecule has 1 saturated heterocycles. The van der Waals surface area contributed by atoms with E-state index >= 15 is 0 Å². The van der Waals surface area contributed by atoms with Crippen LogP contribution in [0.1, 0.15) is 80.9 Å². The highest BCUT2D eigenvalue weighted by Gasteiger charge is 2.52. The van der Waals surface area contributed by atoms with Crippen LogP contribution >= 0.6 is 0 Å². The molecular formula is C32H35F2N3O4. The number of benzene rings is 1. The van der Waals surface area contributed by atoms with Crippen molar-refractivity contribution in [2.45, 2.75) is 81.8 Å². The van der Waals surface area contributed by atoms with Gasteiger partial charge in [-0.05, 0) is 69.7 Å². The van der Waals surface area contributed by atoms with Crippen molar-refractivity contribution < 1.29 is 28.0 Å². The smallest absolute Gasteiger partial charge is 0.185 e. The minimum atomic E-state index is -0.801. The normalized spacial score (nSPS) is 24.9. The molecule has 0 unspecified atom stereocenters. The molecule has 1 aliphatic heterocycles. The van der Waals surface area contributed by atoms with E-state index in [1.54, 1.807) is 6.20 Å². The molecule has 0 atom stereocenters. The van der Waals surface area contributed by atoms with Crippen molar-refractivity contribution in [3.05, 3.63) is 71.7 Å². The largest absolute Gasteiger partial charge is 0.390 e. The maximum Gasteiger partial charge on any atom is 0.185 e. The molecule has 1 N–H and O–H groups in total. The van der Waals surface area contributed by atoms with Gasteiger partial charge in [-0.15, -0.1) is 0 Å². The molecule has 41 heavy (non-hydrogen) atoms. The molecule has 2 saturated carbocycles. The summed E-state index contributed by atoms with van der Waals surface area (Å²) in [4.78, 5) is 33.8. The van der Waals surface area contributed by atoms with E-state index in [-0.39, 0.29) is 46.8 Å². The number of carbonyl (C=O) groups is 2. The van der Waals surface area contributed by atoms with Crippen LogP contribution in [0, 0.1) is 17.0 Å². The van der Waals surface area contributed by atoms with Crippen molar-refractivity contribution in [3.8, 4) is 11.3 Å². The van der Waals surface area contributed by atoms with E-state index in [2.05, 4.69) is 15.0 Å². The minimum Gasteiger partial charge on any atom is -0.390 e. The zero-order chi connectivity index (χ0) is 28.8. The second-order valence-electron chi connectivity index (χ2n) is 12.8. The molecule has 3 aliphatic rings. The average molecular weight is 564 g/mol. The number of aromatic nitrogens is 2. The van der Waals surface area contributed by atoms with Crippen LogP contribution < -0.4 is 0 Å². The van der Waals surface area contributed by atoms with Gasteiger partial charge in [-0.2, -0.15) is 0 Å². The molecule has 0 bridgehead atoms. The number of carbonyl (C=O) groups excluding carboxylic acids is 2. The number of aliphatic hydroxyl groups is 1. The summed E-state index contributed by atoms with van der Waals surface area (Å²) < 4.78 is 32.9. The quantitative estimate of drug-likeness (QED) is 0.318. The number of pyridine rings is 1. The summed E-state index contributed by atoms with van der Waals surface area (Å²) in [7, 11) is 0. The third kappa shape index (κ3) is 5.88. The molecule has 3 aromatic rings. The van der Waals surface area contributed by atoms with Gasteiger partial charge in [0, 0.05) is 73.2 Å². The van der Waals surface area contributed by atoms with Crippen LogP contribution in [0.4, 0.5) is 8.78 Å². The molecular weight excluding hydrogens is 528 g/mol. The lowest BCUT2D eigenvalue weighted by Gasteiger charge is -2.54. The monoisotopic (exact) mass is 563 g/mol. The van der Waals surface area contributed by atoms with E-state index in [1.807, 2.05) is 25.1 Å². The Morgan fingerprint density at radius 1 is 1.02 bits per heavy atom. The average Bonchev–Trinajstić information content (AvgIpc) is 3.52. The molecule has 7 nitrogen and oxygen atoms in total. The van der Waals surface area contributed by atoms with Gasteiger partial charge >= 0.3 is 0 Å². The molecule has 0 radical (unpaired) electrons. The fourth-order valence-electron chi connectivity index (χ4n) is 6.81. The first kappa shape index (κ1) is 27.8. The molecule has 2 aromatic heterocycles. The molecule has 6 rings (SSSR count). The number of Topliss-reactive ketones (excluding diaryl/α,β-unsaturated/α-hetero) is 2. The summed E-state index contributed by atoms with van der Waals surface area (Å²) in [6.45, 7) is 3.11. The molecule has 3 heterocycles. The van der Waals surface area contributed by atoms with Gasteiger partial charge in [0.05, 0.1) is 11.2 Å². The zero-order valence-electron chi connectivity index (χ0n) is 23.2. The Morgan fingerprint density at radius 3 is 2.44 bits per heavy atom. The van der Waals surface area contributed by atoms with Crippen LogP contribution in [0.15, 0.2) is 53.2 Å². The number of nitrogens with zero attached hydrogens (tertiary/aromatic N) is 3. The zero-order valence-corrected chi connectivity index (χ0v) is 23.2. The Labute approximate surface area is 237 Å². The first-order valence-corrected chi connectivity index (χ1v) is 14.4. The Hall–Kier alpha value is -3.30. The van der Waals surface area contributed by atoms with Crippen molar-refractivity contribution in [3.63, 3.8) is 0 Å². The Bertz CT molecular complexity index is 1430.